The maximum atomic E-state index is 13.5. The van der Waals surface area contributed by atoms with Gasteiger partial charge in [-0.15, -0.1) is 0 Å². The molecule has 2 aliphatic heterocycles. The third-order valence-corrected chi connectivity index (χ3v) is 9.08. The van der Waals surface area contributed by atoms with Gasteiger partial charge in [0.2, 0.25) is 17.7 Å². The summed E-state index contributed by atoms with van der Waals surface area (Å²) in [5, 5.41) is 4.39. The van der Waals surface area contributed by atoms with Crippen LogP contribution in [0.2, 0.25) is 0 Å². The molecule has 1 N–H and O–H groups in total. The summed E-state index contributed by atoms with van der Waals surface area (Å²) >= 11 is 0. The molecule has 208 valence electrons. The molecule has 7 heteroatoms. The summed E-state index contributed by atoms with van der Waals surface area (Å²) in [5.74, 6) is -0.00920. The van der Waals surface area contributed by atoms with E-state index in [-0.39, 0.29) is 41.5 Å². The Balaban J connectivity index is 1.03. The lowest BCUT2D eigenvalue weighted by atomic mass is 9.81. The van der Waals surface area contributed by atoms with Crippen LogP contribution < -0.4 is 5.32 Å². The molecule has 1 aromatic heterocycles. The Hall–Kier alpha value is -3.58. The highest BCUT2D eigenvalue weighted by Gasteiger charge is 2.47. The Morgan fingerprint density at radius 1 is 0.825 bits per heavy atom. The van der Waals surface area contributed by atoms with Crippen LogP contribution in [0.1, 0.15) is 62.2 Å². The number of rotatable bonds is 8. The molecule has 3 unspecified atom stereocenters. The molecular weight excluding hydrogens is 500 g/mol. The van der Waals surface area contributed by atoms with E-state index < -0.39 is 0 Å². The predicted molar refractivity (Wildman–Crippen MR) is 154 cm³/mol. The summed E-state index contributed by atoms with van der Waals surface area (Å²) in [4.78, 5) is 47.8. The van der Waals surface area contributed by atoms with Crippen LogP contribution in [0, 0.1) is 17.8 Å². The molecule has 6 rings (SSSR count). The Labute approximate surface area is 235 Å². The van der Waals surface area contributed by atoms with E-state index in [1.54, 1.807) is 0 Å². The Kier molecular flexibility index (Phi) is 7.91. The van der Waals surface area contributed by atoms with E-state index in [1.807, 2.05) is 60.7 Å². The highest BCUT2D eigenvalue weighted by molar-refractivity contribution is 6.05. The van der Waals surface area contributed by atoms with Crippen LogP contribution in [0.3, 0.4) is 0 Å². The van der Waals surface area contributed by atoms with Gasteiger partial charge in [-0.3, -0.25) is 24.3 Å². The molecule has 40 heavy (non-hydrogen) atoms. The third-order valence-electron chi connectivity index (χ3n) is 9.08. The van der Waals surface area contributed by atoms with Crippen molar-refractivity contribution in [1.29, 1.82) is 0 Å². The molecule has 3 aliphatic rings. The van der Waals surface area contributed by atoms with Gasteiger partial charge in [-0.2, -0.15) is 0 Å². The van der Waals surface area contributed by atoms with E-state index in [1.165, 1.54) is 4.90 Å². The zero-order valence-electron chi connectivity index (χ0n) is 23.0. The van der Waals surface area contributed by atoms with E-state index in [0.29, 0.717) is 6.54 Å². The Morgan fingerprint density at radius 3 is 2.23 bits per heavy atom. The van der Waals surface area contributed by atoms with Crippen molar-refractivity contribution in [2.45, 2.75) is 51.0 Å². The number of piperidine rings is 1. The fourth-order valence-corrected chi connectivity index (χ4v) is 6.80. The fraction of sp³-hybridized carbons (Fsp3) is 0.455. The minimum absolute atomic E-state index is 0.0484. The molecule has 3 heterocycles. The summed E-state index contributed by atoms with van der Waals surface area (Å²) in [5.41, 5.74) is 2.77. The lowest BCUT2D eigenvalue weighted by Crippen LogP contribution is -2.42. The average molecular weight is 539 g/mol. The van der Waals surface area contributed by atoms with Gasteiger partial charge < -0.3 is 10.2 Å². The molecule has 1 aliphatic carbocycles. The lowest BCUT2D eigenvalue weighted by molar-refractivity contribution is -0.140. The SMILES string of the molecule is O=C(NC(c1ccccc1)c1ccc2ccccc2n1)C1CCN(CCCN2C(=O)C3CCCCC3C2=O)CC1. The van der Waals surface area contributed by atoms with Crippen molar-refractivity contribution in [3.8, 4) is 0 Å². The maximum absolute atomic E-state index is 13.5. The van der Waals surface area contributed by atoms with Crippen LogP contribution in [-0.2, 0) is 14.4 Å². The number of para-hydroxylation sites is 1. The van der Waals surface area contributed by atoms with E-state index in [9.17, 15) is 14.4 Å². The van der Waals surface area contributed by atoms with Crippen LogP contribution in [0.25, 0.3) is 10.9 Å². The molecule has 2 saturated heterocycles. The van der Waals surface area contributed by atoms with Gasteiger partial charge in [-0.05, 0) is 69.4 Å². The number of imide groups is 1. The van der Waals surface area contributed by atoms with E-state index in [2.05, 4.69) is 16.3 Å². The minimum Gasteiger partial charge on any atom is -0.343 e. The van der Waals surface area contributed by atoms with Gasteiger partial charge in [0.25, 0.3) is 0 Å². The number of aromatic nitrogens is 1. The summed E-state index contributed by atoms with van der Waals surface area (Å²) in [6.07, 6.45) is 6.22. The first kappa shape index (κ1) is 26.6. The van der Waals surface area contributed by atoms with Crippen molar-refractivity contribution in [3.05, 3.63) is 78.0 Å². The Bertz CT molecular complexity index is 1340. The van der Waals surface area contributed by atoms with E-state index >= 15 is 0 Å². The van der Waals surface area contributed by atoms with Crippen LogP contribution in [0.5, 0.6) is 0 Å². The van der Waals surface area contributed by atoms with Gasteiger partial charge in [0.1, 0.15) is 0 Å². The number of hydrogen-bond acceptors (Lipinski definition) is 5. The van der Waals surface area contributed by atoms with Gasteiger partial charge in [0.05, 0.1) is 29.1 Å². The molecule has 0 bridgehead atoms. The van der Waals surface area contributed by atoms with E-state index in [4.69, 9.17) is 4.98 Å². The topological polar surface area (TPSA) is 82.6 Å². The standard InChI is InChI=1S/C33H38N4O3/c38-31(35-30(24-10-2-1-3-11-24)29-16-15-23-9-4-7-14-28(23)34-29)25-17-21-36(22-18-25)19-8-20-37-32(39)26-12-5-6-13-27(26)33(37)40/h1-4,7,9-11,14-16,25-27,30H,5-6,8,12-13,17-22H2,(H,35,38). The molecule has 3 amide bonds. The zero-order chi connectivity index (χ0) is 27.5. The number of nitrogens with zero attached hydrogens (tertiary/aromatic N) is 3. The van der Waals surface area contributed by atoms with Gasteiger partial charge in [-0.1, -0.05) is 67.4 Å². The molecule has 0 radical (unpaired) electrons. The van der Waals surface area contributed by atoms with Crippen LogP contribution in [0.4, 0.5) is 0 Å². The van der Waals surface area contributed by atoms with Crippen molar-refractivity contribution >= 4 is 28.6 Å². The molecule has 0 spiro atoms. The number of fused-ring (bicyclic) bond motifs is 2. The molecule has 2 aromatic carbocycles. The highest BCUT2D eigenvalue weighted by Crippen LogP contribution is 2.38. The van der Waals surface area contributed by atoms with E-state index in [0.717, 1.165) is 86.7 Å². The first-order chi connectivity index (χ1) is 19.6. The van der Waals surface area contributed by atoms with Crippen molar-refractivity contribution in [3.63, 3.8) is 0 Å². The number of carbonyl (C=O) groups is 3. The molecule has 7 nitrogen and oxygen atoms in total. The Morgan fingerprint density at radius 2 is 1.50 bits per heavy atom. The summed E-state index contributed by atoms with van der Waals surface area (Å²) in [7, 11) is 0. The number of nitrogens with one attached hydrogen (secondary N) is 1. The van der Waals surface area contributed by atoms with Gasteiger partial charge >= 0.3 is 0 Å². The first-order valence-corrected chi connectivity index (χ1v) is 14.9. The number of carbonyl (C=O) groups excluding carboxylic acids is 3. The summed E-state index contributed by atoms with van der Waals surface area (Å²) in [6.45, 7) is 3.04. The van der Waals surface area contributed by atoms with Gasteiger partial charge in [0, 0.05) is 17.8 Å². The van der Waals surface area contributed by atoms with Crippen molar-refractivity contribution in [1.82, 2.24) is 20.1 Å². The average Bonchev–Trinajstić information content (AvgIpc) is 3.25. The number of likely N-dealkylation sites (tertiary alicyclic amines) is 2. The largest absolute Gasteiger partial charge is 0.343 e. The minimum atomic E-state index is -0.310. The second kappa shape index (κ2) is 11.9. The number of benzene rings is 2. The monoisotopic (exact) mass is 538 g/mol. The molecular formula is C33H38N4O3. The second-order valence-electron chi connectivity index (χ2n) is 11.6. The number of pyridine rings is 1. The van der Waals surface area contributed by atoms with Crippen molar-refractivity contribution in [2.24, 2.45) is 17.8 Å². The summed E-state index contributed by atoms with van der Waals surface area (Å²) < 4.78 is 0. The van der Waals surface area contributed by atoms with Gasteiger partial charge in [0.15, 0.2) is 0 Å². The lowest BCUT2D eigenvalue weighted by Gasteiger charge is -2.32. The third kappa shape index (κ3) is 5.52. The van der Waals surface area contributed by atoms with Crippen LogP contribution in [0.15, 0.2) is 66.7 Å². The van der Waals surface area contributed by atoms with Gasteiger partial charge in [-0.25, -0.2) is 0 Å². The first-order valence-electron chi connectivity index (χ1n) is 14.9. The predicted octanol–water partition coefficient (Wildman–Crippen LogP) is 4.72. The quantitative estimate of drug-likeness (QED) is 0.420. The zero-order valence-corrected chi connectivity index (χ0v) is 23.0. The number of amides is 3. The normalized spacial score (nSPS) is 22.9. The molecule has 3 fully saturated rings. The van der Waals surface area contributed by atoms with Crippen molar-refractivity contribution < 1.29 is 14.4 Å². The van der Waals surface area contributed by atoms with Crippen molar-refractivity contribution in [2.75, 3.05) is 26.2 Å². The summed E-state index contributed by atoms with van der Waals surface area (Å²) in [6, 6.07) is 21.8. The molecule has 1 saturated carbocycles. The molecule has 3 aromatic rings. The number of hydrogen-bond donors (Lipinski definition) is 1. The maximum Gasteiger partial charge on any atom is 0.233 e. The fourth-order valence-electron chi connectivity index (χ4n) is 6.80. The molecule has 3 atom stereocenters. The van der Waals surface area contributed by atoms with Crippen LogP contribution >= 0.6 is 0 Å². The second-order valence-corrected chi connectivity index (χ2v) is 11.6. The highest BCUT2D eigenvalue weighted by atomic mass is 16.2. The smallest absolute Gasteiger partial charge is 0.233 e. The van der Waals surface area contributed by atoms with Crippen LogP contribution in [-0.4, -0.2) is 58.7 Å².